The fourth-order valence-electron chi connectivity index (χ4n) is 1.58. The molecule has 0 aliphatic heterocycles. The minimum absolute atomic E-state index is 0.266. The maximum Gasteiger partial charge on any atom is 0.229 e. The van der Waals surface area contributed by atoms with Gasteiger partial charge in [0.1, 0.15) is 5.82 Å². The molecule has 2 rings (SSSR count). The number of hydrogen-bond acceptors (Lipinski definition) is 6. The second-order valence-corrected chi connectivity index (χ2v) is 6.33. The van der Waals surface area contributed by atoms with Crippen molar-refractivity contribution in [2.45, 2.75) is 11.5 Å². The van der Waals surface area contributed by atoms with Gasteiger partial charge in [0.25, 0.3) is 0 Å². The van der Waals surface area contributed by atoms with Gasteiger partial charge in [-0.3, -0.25) is 0 Å². The summed E-state index contributed by atoms with van der Waals surface area (Å²) in [7, 11) is 3.76. The number of benzene rings is 1. The van der Waals surface area contributed by atoms with Crippen LogP contribution in [0.2, 0.25) is 0 Å². The summed E-state index contributed by atoms with van der Waals surface area (Å²) < 4.78 is 1.09. The molecule has 0 fully saturated rings. The molecule has 1 aromatic heterocycles. The van der Waals surface area contributed by atoms with Crippen LogP contribution in [-0.4, -0.2) is 29.0 Å². The smallest absolute Gasteiger partial charge is 0.229 e. The first kappa shape index (κ1) is 15.1. The number of nitrogens with zero attached hydrogens (tertiary/aromatic N) is 4. The van der Waals surface area contributed by atoms with Crippen molar-refractivity contribution in [2.24, 2.45) is 0 Å². The molecule has 7 heteroatoms. The van der Waals surface area contributed by atoms with Crippen molar-refractivity contribution in [3.05, 3.63) is 40.1 Å². The minimum atomic E-state index is 0.266. The number of halogens is 1. The van der Waals surface area contributed by atoms with Gasteiger partial charge in [-0.2, -0.15) is 15.0 Å². The number of rotatable bonds is 5. The molecule has 1 heterocycles. The maximum atomic E-state index is 5.70. The Labute approximate surface area is 131 Å². The Morgan fingerprint density at radius 2 is 2.00 bits per heavy atom. The predicted molar refractivity (Wildman–Crippen MR) is 87.7 cm³/mol. The lowest BCUT2D eigenvalue weighted by Crippen LogP contribution is -2.15. The monoisotopic (exact) mass is 353 g/mol. The summed E-state index contributed by atoms with van der Waals surface area (Å²) in [5.41, 5.74) is 6.96. The molecule has 0 saturated carbocycles. The zero-order chi connectivity index (χ0) is 14.5. The zero-order valence-corrected chi connectivity index (χ0v) is 13.8. The van der Waals surface area contributed by atoms with E-state index in [9.17, 15) is 0 Å². The summed E-state index contributed by atoms with van der Waals surface area (Å²) in [6.07, 6.45) is 0. The highest BCUT2D eigenvalue weighted by Gasteiger charge is 2.06. The van der Waals surface area contributed by atoms with Gasteiger partial charge in [0.05, 0.1) is 5.75 Å². The van der Waals surface area contributed by atoms with E-state index in [1.54, 1.807) is 11.8 Å². The molecular weight excluding hydrogens is 338 g/mol. The fraction of sp³-hybridized carbons (Fsp3) is 0.308. The SMILES string of the molecule is CN(C)c1nc(N)nc(CSCc2cccc(Br)c2)n1. The summed E-state index contributed by atoms with van der Waals surface area (Å²) in [5.74, 6) is 3.18. The van der Waals surface area contributed by atoms with E-state index in [4.69, 9.17) is 5.73 Å². The van der Waals surface area contributed by atoms with E-state index in [1.807, 2.05) is 31.1 Å². The molecule has 20 heavy (non-hydrogen) atoms. The van der Waals surface area contributed by atoms with Crippen molar-refractivity contribution in [1.82, 2.24) is 15.0 Å². The molecule has 0 bridgehead atoms. The third-order valence-corrected chi connectivity index (χ3v) is 3.97. The van der Waals surface area contributed by atoms with E-state index in [0.29, 0.717) is 17.5 Å². The highest BCUT2D eigenvalue weighted by Crippen LogP contribution is 2.20. The second-order valence-electron chi connectivity index (χ2n) is 4.43. The normalized spacial score (nSPS) is 10.6. The molecule has 0 aliphatic rings. The summed E-state index contributed by atoms with van der Waals surface area (Å²) in [5, 5.41) is 0. The summed E-state index contributed by atoms with van der Waals surface area (Å²) in [6.45, 7) is 0. The third-order valence-electron chi connectivity index (χ3n) is 2.48. The van der Waals surface area contributed by atoms with Gasteiger partial charge in [0.15, 0.2) is 0 Å². The van der Waals surface area contributed by atoms with Crippen molar-refractivity contribution < 1.29 is 0 Å². The Bertz CT molecular complexity index is 591. The van der Waals surface area contributed by atoms with E-state index in [0.717, 1.165) is 10.2 Å². The number of thioether (sulfide) groups is 1. The van der Waals surface area contributed by atoms with Crippen LogP contribution in [0.15, 0.2) is 28.7 Å². The lowest BCUT2D eigenvalue weighted by atomic mass is 10.2. The summed E-state index contributed by atoms with van der Waals surface area (Å²) >= 11 is 5.22. The Morgan fingerprint density at radius 3 is 2.70 bits per heavy atom. The number of nitrogen functional groups attached to an aromatic ring is 1. The van der Waals surface area contributed by atoms with Crippen LogP contribution in [0.3, 0.4) is 0 Å². The predicted octanol–water partition coefficient (Wildman–Crippen LogP) is 2.72. The van der Waals surface area contributed by atoms with Gasteiger partial charge in [0, 0.05) is 24.3 Å². The van der Waals surface area contributed by atoms with Gasteiger partial charge in [-0.05, 0) is 17.7 Å². The molecule has 0 radical (unpaired) electrons. The molecule has 0 amide bonds. The Kier molecular flexibility index (Phi) is 5.19. The first-order valence-electron chi connectivity index (χ1n) is 6.04. The van der Waals surface area contributed by atoms with Crippen molar-refractivity contribution in [3.63, 3.8) is 0 Å². The van der Waals surface area contributed by atoms with E-state index in [2.05, 4.69) is 43.0 Å². The van der Waals surface area contributed by atoms with Gasteiger partial charge in [-0.15, -0.1) is 11.8 Å². The van der Waals surface area contributed by atoms with Gasteiger partial charge < -0.3 is 10.6 Å². The van der Waals surface area contributed by atoms with Crippen molar-refractivity contribution >= 4 is 39.6 Å². The topological polar surface area (TPSA) is 67.9 Å². The number of nitrogens with two attached hydrogens (primary N) is 1. The summed E-state index contributed by atoms with van der Waals surface area (Å²) in [4.78, 5) is 14.4. The fourth-order valence-corrected chi connectivity index (χ4v) is 2.85. The van der Waals surface area contributed by atoms with Crippen LogP contribution >= 0.6 is 27.7 Å². The average Bonchev–Trinajstić information content (AvgIpc) is 2.38. The van der Waals surface area contributed by atoms with Crippen LogP contribution in [0, 0.1) is 0 Å². The highest BCUT2D eigenvalue weighted by molar-refractivity contribution is 9.10. The minimum Gasteiger partial charge on any atom is -0.368 e. The molecule has 2 N–H and O–H groups in total. The molecular formula is C13H16BrN5S. The molecule has 5 nitrogen and oxygen atoms in total. The summed E-state index contributed by atoms with van der Waals surface area (Å²) in [6, 6.07) is 8.26. The average molecular weight is 354 g/mol. The zero-order valence-electron chi connectivity index (χ0n) is 11.4. The Balaban J connectivity index is 1.97. The third kappa shape index (κ3) is 4.35. The molecule has 0 atom stereocenters. The van der Waals surface area contributed by atoms with E-state index >= 15 is 0 Å². The first-order valence-corrected chi connectivity index (χ1v) is 7.99. The lowest BCUT2D eigenvalue weighted by molar-refractivity contribution is 0.919. The van der Waals surface area contributed by atoms with Crippen LogP contribution in [0.25, 0.3) is 0 Å². The van der Waals surface area contributed by atoms with Crippen LogP contribution in [0.4, 0.5) is 11.9 Å². The first-order chi connectivity index (χ1) is 9.54. The Hall–Kier alpha value is -1.34. The molecule has 0 unspecified atom stereocenters. The molecule has 0 saturated heterocycles. The van der Waals surface area contributed by atoms with Crippen LogP contribution < -0.4 is 10.6 Å². The second kappa shape index (κ2) is 6.90. The number of aromatic nitrogens is 3. The van der Waals surface area contributed by atoms with Gasteiger partial charge in [-0.25, -0.2) is 0 Å². The highest BCUT2D eigenvalue weighted by atomic mass is 79.9. The standard InChI is InChI=1S/C13H16BrN5S/c1-19(2)13-17-11(16-12(15)18-13)8-20-7-9-4-3-5-10(14)6-9/h3-6H,7-8H2,1-2H3,(H2,15,16,17,18). The molecule has 0 aliphatic carbocycles. The van der Waals surface area contributed by atoms with Crippen LogP contribution in [-0.2, 0) is 11.5 Å². The molecule has 0 spiro atoms. The molecule has 2 aromatic rings. The van der Waals surface area contributed by atoms with Crippen LogP contribution in [0.5, 0.6) is 0 Å². The molecule has 106 valence electrons. The lowest BCUT2D eigenvalue weighted by Gasteiger charge is -2.11. The van der Waals surface area contributed by atoms with Crippen molar-refractivity contribution in [3.8, 4) is 0 Å². The van der Waals surface area contributed by atoms with Gasteiger partial charge in [0.2, 0.25) is 11.9 Å². The van der Waals surface area contributed by atoms with E-state index < -0.39 is 0 Å². The van der Waals surface area contributed by atoms with Crippen LogP contribution in [0.1, 0.15) is 11.4 Å². The largest absolute Gasteiger partial charge is 0.368 e. The van der Waals surface area contributed by atoms with E-state index in [1.165, 1.54) is 5.56 Å². The van der Waals surface area contributed by atoms with Gasteiger partial charge >= 0.3 is 0 Å². The van der Waals surface area contributed by atoms with Crippen molar-refractivity contribution in [1.29, 1.82) is 0 Å². The maximum absolute atomic E-state index is 5.70. The van der Waals surface area contributed by atoms with E-state index in [-0.39, 0.29) is 5.95 Å². The van der Waals surface area contributed by atoms with Crippen molar-refractivity contribution in [2.75, 3.05) is 24.7 Å². The molecule has 1 aromatic carbocycles. The van der Waals surface area contributed by atoms with Gasteiger partial charge in [-0.1, -0.05) is 28.1 Å². The Morgan fingerprint density at radius 1 is 1.20 bits per heavy atom. The number of hydrogen-bond donors (Lipinski definition) is 1. The number of anilines is 2. The quantitative estimate of drug-likeness (QED) is 0.891.